The summed E-state index contributed by atoms with van der Waals surface area (Å²) in [6.07, 6.45) is -2.36. The highest BCUT2D eigenvalue weighted by molar-refractivity contribution is 6.30. The fourth-order valence-electron chi connectivity index (χ4n) is 4.03. The maximum atomic E-state index is 13.5. The van der Waals surface area contributed by atoms with E-state index in [4.69, 9.17) is 21.5 Å². The van der Waals surface area contributed by atoms with Crippen LogP contribution >= 0.6 is 11.6 Å². The summed E-state index contributed by atoms with van der Waals surface area (Å²) in [5.41, 5.74) is 4.27. The molecule has 1 aliphatic heterocycles. The molecule has 2 aromatic carbocycles. The van der Waals surface area contributed by atoms with Crippen molar-refractivity contribution < 1.29 is 27.9 Å². The molecule has 7 nitrogen and oxygen atoms in total. The molecule has 0 saturated heterocycles. The van der Waals surface area contributed by atoms with E-state index in [1.54, 1.807) is 0 Å². The van der Waals surface area contributed by atoms with E-state index in [1.807, 2.05) is 48.8 Å². The topological polar surface area (TPSA) is 87.5 Å². The average Bonchev–Trinajstić information content (AvgIpc) is 3.28. The molecule has 4 rings (SSSR count). The molecule has 0 fully saturated rings. The summed E-state index contributed by atoms with van der Waals surface area (Å²) in [5.74, 6) is -2.75. The van der Waals surface area contributed by atoms with Gasteiger partial charge in [0.15, 0.2) is 0 Å². The number of carboxylic acids is 1. The standard InChI is InChI=1S/C24H27ClN4O.C2HF3O2/c1-17(2)29-16-27-21-12-13-28(15-19-6-4-3-5-7-19)23(22(21)29)24(30)26-14-18-8-10-20(25)11-9-18;3-2(4,5)1(6)7/h3-11,16-17,23H,12-15H2,1-2H3,(H,26,30);(H,6,7). The highest BCUT2D eigenvalue weighted by Crippen LogP contribution is 2.32. The summed E-state index contributed by atoms with van der Waals surface area (Å²) < 4.78 is 33.9. The second-order valence-corrected chi connectivity index (χ2v) is 9.27. The van der Waals surface area contributed by atoms with Gasteiger partial charge in [0.05, 0.1) is 17.7 Å². The molecule has 0 bridgehead atoms. The predicted molar refractivity (Wildman–Crippen MR) is 133 cm³/mol. The van der Waals surface area contributed by atoms with Crippen molar-refractivity contribution in [2.75, 3.05) is 6.54 Å². The lowest BCUT2D eigenvalue weighted by atomic mass is 9.99. The Labute approximate surface area is 217 Å². The predicted octanol–water partition coefficient (Wildman–Crippen LogP) is 5.17. The van der Waals surface area contributed by atoms with Crippen LogP contribution in [0.1, 0.15) is 48.4 Å². The fraction of sp³-hybridized carbons (Fsp3) is 0.346. The number of fused-ring (bicyclic) bond motifs is 1. The largest absolute Gasteiger partial charge is 0.490 e. The Kier molecular flexibility index (Phi) is 9.34. The van der Waals surface area contributed by atoms with Crippen LogP contribution in [0.15, 0.2) is 60.9 Å². The second-order valence-electron chi connectivity index (χ2n) is 8.83. The van der Waals surface area contributed by atoms with Gasteiger partial charge in [-0.2, -0.15) is 13.2 Å². The van der Waals surface area contributed by atoms with Crippen LogP contribution in [0.5, 0.6) is 0 Å². The Balaban J connectivity index is 0.000000479. The molecular weight excluding hydrogens is 509 g/mol. The van der Waals surface area contributed by atoms with Gasteiger partial charge in [0.25, 0.3) is 0 Å². The normalized spacial score (nSPS) is 15.5. The number of hydrogen-bond acceptors (Lipinski definition) is 4. The molecule has 198 valence electrons. The number of imidazole rings is 1. The number of halogens is 4. The monoisotopic (exact) mass is 536 g/mol. The van der Waals surface area contributed by atoms with Crippen LogP contribution in [0.4, 0.5) is 13.2 Å². The first kappa shape index (κ1) is 28.2. The number of rotatable bonds is 6. The Hall–Kier alpha value is -3.37. The number of nitrogens with one attached hydrogen (secondary N) is 1. The molecule has 1 aliphatic rings. The van der Waals surface area contributed by atoms with E-state index >= 15 is 0 Å². The molecule has 0 radical (unpaired) electrons. The highest BCUT2D eigenvalue weighted by atomic mass is 35.5. The average molecular weight is 537 g/mol. The molecule has 1 unspecified atom stereocenters. The molecule has 37 heavy (non-hydrogen) atoms. The molecule has 11 heteroatoms. The molecule has 0 spiro atoms. The van der Waals surface area contributed by atoms with Gasteiger partial charge in [-0.1, -0.05) is 54.1 Å². The third kappa shape index (κ3) is 7.56. The maximum Gasteiger partial charge on any atom is 0.490 e. The Morgan fingerprint density at radius 2 is 1.73 bits per heavy atom. The van der Waals surface area contributed by atoms with E-state index in [9.17, 15) is 18.0 Å². The Morgan fingerprint density at radius 3 is 2.30 bits per heavy atom. The number of carboxylic acid groups (broad SMARTS) is 1. The van der Waals surface area contributed by atoms with Crippen molar-refractivity contribution in [3.8, 4) is 0 Å². The van der Waals surface area contributed by atoms with Crippen molar-refractivity contribution in [3.63, 3.8) is 0 Å². The van der Waals surface area contributed by atoms with E-state index in [0.717, 1.165) is 36.5 Å². The van der Waals surface area contributed by atoms with E-state index in [0.29, 0.717) is 11.6 Å². The van der Waals surface area contributed by atoms with Gasteiger partial charge in [-0.15, -0.1) is 0 Å². The summed E-state index contributed by atoms with van der Waals surface area (Å²) in [6.45, 7) is 6.25. The molecule has 3 aromatic rings. The van der Waals surface area contributed by atoms with Crippen molar-refractivity contribution in [3.05, 3.63) is 88.5 Å². The van der Waals surface area contributed by atoms with Crippen LogP contribution < -0.4 is 5.32 Å². The minimum Gasteiger partial charge on any atom is -0.475 e. The SMILES string of the molecule is CC(C)n1cnc2c1C(C(=O)NCc1ccc(Cl)cc1)N(Cc1ccccc1)CC2.O=C(O)C(F)(F)F. The number of carbonyl (C=O) groups is 2. The van der Waals surface area contributed by atoms with Crippen LogP contribution in [-0.4, -0.2) is 44.2 Å². The zero-order valence-corrected chi connectivity index (χ0v) is 21.1. The van der Waals surface area contributed by atoms with Gasteiger partial charge in [0.1, 0.15) is 6.04 Å². The Bertz CT molecular complexity index is 1200. The molecule has 2 N–H and O–H groups in total. The van der Waals surface area contributed by atoms with E-state index < -0.39 is 12.1 Å². The molecule has 1 aromatic heterocycles. The minimum absolute atomic E-state index is 0.00392. The van der Waals surface area contributed by atoms with Crippen LogP contribution in [0, 0.1) is 0 Å². The zero-order valence-electron chi connectivity index (χ0n) is 20.4. The van der Waals surface area contributed by atoms with E-state index in [-0.39, 0.29) is 18.0 Å². The van der Waals surface area contributed by atoms with Crippen molar-refractivity contribution in [1.29, 1.82) is 0 Å². The van der Waals surface area contributed by atoms with Crippen molar-refractivity contribution in [1.82, 2.24) is 19.8 Å². The fourth-order valence-corrected chi connectivity index (χ4v) is 4.16. The van der Waals surface area contributed by atoms with Gasteiger partial charge in [-0.25, -0.2) is 9.78 Å². The van der Waals surface area contributed by atoms with Gasteiger partial charge >= 0.3 is 12.1 Å². The lowest BCUT2D eigenvalue weighted by Gasteiger charge is -2.36. The van der Waals surface area contributed by atoms with Crippen molar-refractivity contribution in [2.24, 2.45) is 0 Å². The smallest absolute Gasteiger partial charge is 0.475 e. The first-order valence-electron chi connectivity index (χ1n) is 11.6. The number of amides is 1. The van der Waals surface area contributed by atoms with Gasteiger partial charge in [0, 0.05) is 37.1 Å². The van der Waals surface area contributed by atoms with Gasteiger partial charge in [0.2, 0.25) is 5.91 Å². The highest BCUT2D eigenvalue weighted by Gasteiger charge is 2.38. The zero-order chi connectivity index (χ0) is 27.2. The molecule has 2 heterocycles. The van der Waals surface area contributed by atoms with Crippen LogP contribution in [-0.2, 0) is 29.1 Å². The second kappa shape index (κ2) is 12.2. The van der Waals surface area contributed by atoms with Crippen molar-refractivity contribution in [2.45, 2.75) is 51.6 Å². The summed E-state index contributed by atoms with van der Waals surface area (Å²) in [5, 5.41) is 11.0. The van der Waals surface area contributed by atoms with Crippen LogP contribution in [0.25, 0.3) is 0 Å². The van der Waals surface area contributed by atoms with Gasteiger partial charge < -0.3 is 15.0 Å². The van der Waals surface area contributed by atoms with Gasteiger partial charge in [-0.05, 0) is 37.1 Å². The number of carbonyl (C=O) groups excluding carboxylic acids is 1. The van der Waals surface area contributed by atoms with E-state index in [1.165, 1.54) is 5.56 Å². The summed E-state index contributed by atoms with van der Waals surface area (Å²) in [6, 6.07) is 17.8. The number of aliphatic carboxylic acids is 1. The molecule has 0 aliphatic carbocycles. The number of benzene rings is 2. The molecular formula is C26H28ClF3N4O3. The summed E-state index contributed by atoms with van der Waals surface area (Å²) >= 11 is 5.98. The first-order valence-corrected chi connectivity index (χ1v) is 12.0. The number of hydrogen-bond donors (Lipinski definition) is 2. The number of nitrogens with zero attached hydrogens (tertiary/aromatic N) is 3. The third-order valence-corrected chi connectivity index (χ3v) is 6.08. The first-order chi connectivity index (χ1) is 17.5. The number of alkyl halides is 3. The van der Waals surface area contributed by atoms with Gasteiger partial charge in [-0.3, -0.25) is 9.69 Å². The molecule has 1 amide bonds. The maximum absolute atomic E-state index is 13.5. The van der Waals surface area contributed by atoms with Crippen LogP contribution in [0.3, 0.4) is 0 Å². The molecule has 0 saturated carbocycles. The summed E-state index contributed by atoms with van der Waals surface area (Å²) in [4.78, 5) is 29.2. The molecule has 1 atom stereocenters. The quantitative estimate of drug-likeness (QED) is 0.454. The Morgan fingerprint density at radius 1 is 1.11 bits per heavy atom. The van der Waals surface area contributed by atoms with Crippen LogP contribution in [0.2, 0.25) is 5.02 Å². The number of aromatic nitrogens is 2. The minimum atomic E-state index is -5.08. The third-order valence-electron chi connectivity index (χ3n) is 5.83. The summed E-state index contributed by atoms with van der Waals surface area (Å²) in [7, 11) is 0. The van der Waals surface area contributed by atoms with E-state index in [2.05, 4.69) is 45.7 Å². The lowest BCUT2D eigenvalue weighted by molar-refractivity contribution is -0.192. The lowest BCUT2D eigenvalue weighted by Crippen LogP contribution is -2.45. The van der Waals surface area contributed by atoms with Crippen molar-refractivity contribution >= 4 is 23.5 Å².